The molecule has 2 nitrogen and oxygen atoms in total. The zero-order valence-corrected chi connectivity index (χ0v) is 13.8. The van der Waals surface area contributed by atoms with Crippen LogP contribution in [0.4, 0.5) is 4.39 Å². The standard InChI is InChI=1S/C16H23BrFNO/c1-3-7-19-15(8-11-5-4-6-11)12-9-13(17)14(18)10-16(12)20-2/h9-11,15,19H,3-8H2,1-2H3. The summed E-state index contributed by atoms with van der Waals surface area (Å²) in [6.45, 7) is 3.13. The Morgan fingerprint density at radius 1 is 1.45 bits per heavy atom. The van der Waals surface area contributed by atoms with E-state index in [0.717, 1.165) is 30.9 Å². The summed E-state index contributed by atoms with van der Waals surface area (Å²) in [5.41, 5.74) is 1.06. The number of ether oxygens (including phenoxy) is 1. The van der Waals surface area contributed by atoms with Gasteiger partial charge in [-0.2, -0.15) is 0 Å². The van der Waals surface area contributed by atoms with Crippen molar-refractivity contribution in [3.63, 3.8) is 0 Å². The first-order valence-electron chi connectivity index (χ1n) is 7.42. The predicted octanol–water partition coefficient (Wildman–Crippen LogP) is 4.83. The lowest BCUT2D eigenvalue weighted by atomic mass is 9.79. The zero-order valence-electron chi connectivity index (χ0n) is 12.2. The first-order chi connectivity index (χ1) is 9.65. The minimum atomic E-state index is -0.275. The van der Waals surface area contributed by atoms with Crippen LogP contribution in [-0.2, 0) is 0 Å². The van der Waals surface area contributed by atoms with Gasteiger partial charge in [-0.15, -0.1) is 0 Å². The van der Waals surface area contributed by atoms with Gasteiger partial charge in [-0.05, 0) is 47.3 Å². The van der Waals surface area contributed by atoms with Crippen molar-refractivity contribution in [2.45, 2.75) is 45.1 Å². The van der Waals surface area contributed by atoms with E-state index >= 15 is 0 Å². The maximum Gasteiger partial charge on any atom is 0.141 e. The van der Waals surface area contributed by atoms with Crippen LogP contribution in [0.1, 0.15) is 50.6 Å². The topological polar surface area (TPSA) is 21.3 Å². The monoisotopic (exact) mass is 343 g/mol. The summed E-state index contributed by atoms with van der Waals surface area (Å²) < 4.78 is 19.5. The molecule has 20 heavy (non-hydrogen) atoms. The number of benzene rings is 1. The molecule has 1 atom stereocenters. The molecule has 0 saturated heterocycles. The van der Waals surface area contributed by atoms with Crippen LogP contribution in [0, 0.1) is 11.7 Å². The van der Waals surface area contributed by atoms with Gasteiger partial charge in [0.15, 0.2) is 0 Å². The van der Waals surface area contributed by atoms with Gasteiger partial charge >= 0.3 is 0 Å². The van der Waals surface area contributed by atoms with Crippen LogP contribution in [0.5, 0.6) is 5.75 Å². The van der Waals surface area contributed by atoms with Crippen molar-refractivity contribution in [2.24, 2.45) is 5.92 Å². The molecule has 1 aromatic rings. The highest BCUT2D eigenvalue weighted by Crippen LogP contribution is 2.38. The lowest BCUT2D eigenvalue weighted by Crippen LogP contribution is -2.27. The molecular weight excluding hydrogens is 321 g/mol. The van der Waals surface area contributed by atoms with E-state index in [1.54, 1.807) is 7.11 Å². The maximum absolute atomic E-state index is 13.7. The number of nitrogens with one attached hydrogen (secondary N) is 1. The summed E-state index contributed by atoms with van der Waals surface area (Å²) in [5.74, 6) is 1.15. The van der Waals surface area contributed by atoms with E-state index in [1.165, 1.54) is 25.3 Å². The lowest BCUT2D eigenvalue weighted by molar-refractivity contribution is 0.258. The predicted molar refractivity (Wildman–Crippen MR) is 83.6 cm³/mol. The van der Waals surface area contributed by atoms with E-state index in [2.05, 4.69) is 28.2 Å². The Morgan fingerprint density at radius 3 is 2.75 bits per heavy atom. The molecule has 0 amide bonds. The highest BCUT2D eigenvalue weighted by atomic mass is 79.9. The van der Waals surface area contributed by atoms with Gasteiger partial charge in [0, 0.05) is 17.7 Å². The molecule has 0 heterocycles. The van der Waals surface area contributed by atoms with Crippen LogP contribution in [0.25, 0.3) is 0 Å². The van der Waals surface area contributed by atoms with Crippen molar-refractivity contribution in [1.82, 2.24) is 5.32 Å². The van der Waals surface area contributed by atoms with Crippen molar-refractivity contribution in [2.75, 3.05) is 13.7 Å². The van der Waals surface area contributed by atoms with Gasteiger partial charge in [0.2, 0.25) is 0 Å². The van der Waals surface area contributed by atoms with Gasteiger partial charge in [-0.1, -0.05) is 26.2 Å². The van der Waals surface area contributed by atoms with E-state index in [9.17, 15) is 4.39 Å². The molecule has 0 spiro atoms. The second-order valence-electron chi connectivity index (χ2n) is 5.55. The number of halogens is 2. The fourth-order valence-corrected chi connectivity index (χ4v) is 3.05. The van der Waals surface area contributed by atoms with Gasteiger partial charge < -0.3 is 10.1 Å². The SMILES string of the molecule is CCCNC(CC1CCC1)c1cc(Br)c(F)cc1OC. The summed E-state index contributed by atoms with van der Waals surface area (Å²) in [6.07, 6.45) is 6.17. The van der Waals surface area contributed by atoms with E-state index < -0.39 is 0 Å². The van der Waals surface area contributed by atoms with Crippen LogP contribution in [0.15, 0.2) is 16.6 Å². The third-order valence-corrected chi connectivity index (χ3v) is 4.69. The quantitative estimate of drug-likeness (QED) is 0.765. The number of rotatable bonds is 7. The minimum Gasteiger partial charge on any atom is -0.496 e. The third-order valence-electron chi connectivity index (χ3n) is 4.08. The summed E-state index contributed by atoms with van der Waals surface area (Å²) in [4.78, 5) is 0. The van der Waals surface area contributed by atoms with E-state index in [4.69, 9.17) is 4.74 Å². The zero-order chi connectivity index (χ0) is 14.5. The van der Waals surface area contributed by atoms with E-state index in [-0.39, 0.29) is 11.9 Å². The Morgan fingerprint density at radius 2 is 2.20 bits per heavy atom. The molecule has 1 N–H and O–H groups in total. The first-order valence-corrected chi connectivity index (χ1v) is 8.21. The minimum absolute atomic E-state index is 0.243. The molecule has 112 valence electrons. The highest BCUT2D eigenvalue weighted by molar-refractivity contribution is 9.10. The van der Waals surface area contributed by atoms with Gasteiger partial charge in [-0.25, -0.2) is 4.39 Å². The molecule has 1 aliphatic rings. The van der Waals surface area contributed by atoms with Crippen LogP contribution in [0.3, 0.4) is 0 Å². The largest absolute Gasteiger partial charge is 0.496 e. The second-order valence-corrected chi connectivity index (χ2v) is 6.40. The Hall–Kier alpha value is -0.610. The van der Waals surface area contributed by atoms with E-state index in [0.29, 0.717) is 10.2 Å². The number of hydrogen-bond acceptors (Lipinski definition) is 2. The normalized spacial score (nSPS) is 16.8. The smallest absolute Gasteiger partial charge is 0.141 e. The molecule has 4 heteroatoms. The molecule has 0 aliphatic heterocycles. The van der Waals surface area contributed by atoms with Crippen LogP contribution < -0.4 is 10.1 Å². The summed E-state index contributed by atoms with van der Waals surface area (Å²) in [5, 5.41) is 3.58. The number of hydrogen-bond donors (Lipinski definition) is 1. The van der Waals surface area contributed by atoms with Crippen LogP contribution in [-0.4, -0.2) is 13.7 Å². The molecule has 1 aliphatic carbocycles. The van der Waals surface area contributed by atoms with Crippen LogP contribution >= 0.6 is 15.9 Å². The van der Waals surface area contributed by atoms with Gasteiger partial charge in [0.1, 0.15) is 11.6 Å². The summed E-state index contributed by atoms with van der Waals surface area (Å²) in [7, 11) is 1.60. The third kappa shape index (κ3) is 3.73. The van der Waals surface area contributed by atoms with Gasteiger partial charge in [-0.3, -0.25) is 0 Å². The molecular formula is C16H23BrFNO. The molecule has 1 unspecified atom stereocenters. The molecule has 2 rings (SSSR count). The summed E-state index contributed by atoms with van der Waals surface area (Å²) in [6, 6.07) is 3.58. The molecule has 1 fully saturated rings. The Balaban J connectivity index is 2.23. The first kappa shape index (κ1) is 15.8. The average Bonchev–Trinajstić information content (AvgIpc) is 2.40. The van der Waals surface area contributed by atoms with Gasteiger partial charge in [0.05, 0.1) is 11.6 Å². The molecule has 0 aromatic heterocycles. The van der Waals surface area contributed by atoms with Crippen LogP contribution in [0.2, 0.25) is 0 Å². The van der Waals surface area contributed by atoms with Crippen molar-refractivity contribution < 1.29 is 9.13 Å². The Bertz CT molecular complexity index is 448. The highest BCUT2D eigenvalue weighted by Gasteiger charge is 2.25. The molecule has 1 aromatic carbocycles. The van der Waals surface area contributed by atoms with Crippen molar-refractivity contribution in [1.29, 1.82) is 0 Å². The summed E-state index contributed by atoms with van der Waals surface area (Å²) >= 11 is 3.28. The van der Waals surface area contributed by atoms with Gasteiger partial charge in [0.25, 0.3) is 0 Å². The number of methoxy groups -OCH3 is 1. The molecule has 0 bridgehead atoms. The molecule has 1 saturated carbocycles. The Labute approximate surface area is 129 Å². The lowest BCUT2D eigenvalue weighted by Gasteiger charge is -2.31. The fourth-order valence-electron chi connectivity index (χ4n) is 2.69. The van der Waals surface area contributed by atoms with Crippen molar-refractivity contribution >= 4 is 15.9 Å². The Kier molecular flexibility index (Phi) is 5.85. The fraction of sp³-hybridized carbons (Fsp3) is 0.625. The maximum atomic E-state index is 13.7. The van der Waals surface area contributed by atoms with Crippen molar-refractivity contribution in [3.05, 3.63) is 28.0 Å². The van der Waals surface area contributed by atoms with Crippen molar-refractivity contribution in [3.8, 4) is 5.75 Å². The molecule has 0 radical (unpaired) electrons. The van der Waals surface area contributed by atoms with E-state index in [1.807, 2.05) is 6.07 Å². The average molecular weight is 344 g/mol. The second kappa shape index (κ2) is 7.41.